The molecule has 0 aliphatic heterocycles. The summed E-state index contributed by atoms with van der Waals surface area (Å²) in [6, 6.07) is 4.79. The summed E-state index contributed by atoms with van der Waals surface area (Å²) in [6.45, 7) is 1.10. The maximum absolute atomic E-state index is 8.78. The van der Waals surface area contributed by atoms with E-state index in [1.54, 1.807) is 18.0 Å². The first kappa shape index (κ1) is 10.9. The molecule has 2 rings (SSSR count). The highest BCUT2D eigenvalue weighted by atomic mass is 32.2. The summed E-state index contributed by atoms with van der Waals surface area (Å²) in [7, 11) is 0. The van der Waals surface area contributed by atoms with Gasteiger partial charge in [-0.3, -0.25) is 0 Å². The number of thioether (sulfide) groups is 1. The van der Waals surface area contributed by atoms with Gasteiger partial charge in [-0.2, -0.15) is 0 Å². The number of rotatable bonds is 6. The summed E-state index contributed by atoms with van der Waals surface area (Å²) in [5.41, 5.74) is 1.24. The zero-order valence-corrected chi connectivity index (χ0v) is 9.46. The molecule has 0 atom stereocenters. The van der Waals surface area contributed by atoms with Gasteiger partial charge in [0.15, 0.2) is 0 Å². The Labute approximate surface area is 94.3 Å². The number of aromatic nitrogens is 1. The Hall–Kier alpha value is -0.580. The van der Waals surface area contributed by atoms with E-state index in [2.05, 4.69) is 16.4 Å². The van der Waals surface area contributed by atoms with Crippen LogP contribution in [0.2, 0.25) is 0 Å². The molecule has 1 aliphatic rings. The van der Waals surface area contributed by atoms with Gasteiger partial charge < -0.3 is 10.4 Å². The number of hydrogen-bond acceptors (Lipinski definition) is 4. The van der Waals surface area contributed by atoms with Crippen LogP contribution in [-0.2, 0) is 6.54 Å². The zero-order valence-electron chi connectivity index (χ0n) is 8.65. The molecule has 0 aromatic carbocycles. The van der Waals surface area contributed by atoms with Crippen LogP contribution < -0.4 is 5.32 Å². The number of nitrogens with zero attached hydrogens (tertiary/aromatic N) is 1. The van der Waals surface area contributed by atoms with Crippen LogP contribution in [0.5, 0.6) is 0 Å². The number of nitrogens with one attached hydrogen (secondary N) is 1. The lowest BCUT2D eigenvalue weighted by atomic mass is 10.3. The lowest BCUT2D eigenvalue weighted by Crippen LogP contribution is -2.16. The molecule has 0 saturated heterocycles. The van der Waals surface area contributed by atoms with Crippen LogP contribution in [0.15, 0.2) is 23.4 Å². The van der Waals surface area contributed by atoms with E-state index in [0.29, 0.717) is 5.75 Å². The fourth-order valence-electron chi connectivity index (χ4n) is 1.37. The van der Waals surface area contributed by atoms with Crippen LogP contribution >= 0.6 is 11.8 Å². The van der Waals surface area contributed by atoms with Gasteiger partial charge in [-0.05, 0) is 24.5 Å². The standard InChI is InChI=1S/C11H16N2OS/c14-6-7-15-11-9(2-1-5-12-11)8-13-10-3-4-10/h1-2,5,10,13-14H,3-4,6-8H2. The van der Waals surface area contributed by atoms with Crippen molar-refractivity contribution in [2.24, 2.45) is 0 Å². The van der Waals surface area contributed by atoms with Crippen molar-refractivity contribution in [1.82, 2.24) is 10.3 Å². The highest BCUT2D eigenvalue weighted by molar-refractivity contribution is 7.99. The molecule has 4 heteroatoms. The van der Waals surface area contributed by atoms with Crippen molar-refractivity contribution in [3.05, 3.63) is 23.9 Å². The van der Waals surface area contributed by atoms with Crippen molar-refractivity contribution in [2.45, 2.75) is 30.5 Å². The molecular formula is C11H16N2OS. The minimum atomic E-state index is 0.205. The van der Waals surface area contributed by atoms with Crippen molar-refractivity contribution < 1.29 is 5.11 Å². The molecule has 0 amide bonds. The van der Waals surface area contributed by atoms with E-state index in [9.17, 15) is 0 Å². The Morgan fingerprint density at radius 2 is 2.40 bits per heavy atom. The van der Waals surface area contributed by atoms with Gasteiger partial charge in [0.05, 0.1) is 6.61 Å². The average molecular weight is 224 g/mol. The quantitative estimate of drug-likeness (QED) is 0.717. The molecule has 1 aromatic rings. The molecule has 1 heterocycles. The van der Waals surface area contributed by atoms with E-state index in [0.717, 1.165) is 17.6 Å². The molecule has 2 N–H and O–H groups in total. The van der Waals surface area contributed by atoms with E-state index in [1.807, 2.05) is 6.07 Å². The van der Waals surface area contributed by atoms with E-state index in [1.165, 1.54) is 18.4 Å². The summed E-state index contributed by atoms with van der Waals surface area (Å²) >= 11 is 1.62. The number of hydrogen-bond donors (Lipinski definition) is 2. The first-order valence-electron chi connectivity index (χ1n) is 5.31. The summed E-state index contributed by atoms with van der Waals surface area (Å²) in [5.74, 6) is 0.716. The third kappa shape index (κ3) is 3.48. The van der Waals surface area contributed by atoms with E-state index in [-0.39, 0.29) is 6.61 Å². The van der Waals surface area contributed by atoms with Gasteiger partial charge in [-0.25, -0.2) is 4.98 Å². The highest BCUT2D eigenvalue weighted by Crippen LogP contribution is 2.22. The fraction of sp³-hybridized carbons (Fsp3) is 0.545. The number of aliphatic hydroxyl groups is 1. The SMILES string of the molecule is OCCSc1ncccc1CNC1CC1. The molecular weight excluding hydrogens is 208 g/mol. The van der Waals surface area contributed by atoms with Crippen LogP contribution in [0, 0.1) is 0 Å². The Kier molecular flexibility index (Phi) is 4.00. The molecule has 0 radical (unpaired) electrons. The normalized spacial score (nSPS) is 15.5. The summed E-state index contributed by atoms with van der Waals surface area (Å²) in [5, 5.41) is 13.3. The van der Waals surface area contributed by atoms with Crippen molar-refractivity contribution in [1.29, 1.82) is 0 Å². The summed E-state index contributed by atoms with van der Waals surface area (Å²) in [6.07, 6.45) is 4.42. The van der Waals surface area contributed by atoms with Gasteiger partial charge in [-0.1, -0.05) is 6.07 Å². The van der Waals surface area contributed by atoms with Crippen molar-refractivity contribution >= 4 is 11.8 Å². The smallest absolute Gasteiger partial charge is 0.101 e. The van der Waals surface area contributed by atoms with Crippen LogP contribution in [0.1, 0.15) is 18.4 Å². The molecule has 1 aromatic heterocycles. The van der Waals surface area contributed by atoms with Crippen LogP contribution in [0.3, 0.4) is 0 Å². The van der Waals surface area contributed by atoms with Gasteiger partial charge >= 0.3 is 0 Å². The summed E-state index contributed by atoms with van der Waals surface area (Å²) in [4.78, 5) is 4.33. The third-order valence-corrected chi connectivity index (χ3v) is 3.37. The molecule has 1 aliphatic carbocycles. The van der Waals surface area contributed by atoms with Gasteiger partial charge in [0.1, 0.15) is 5.03 Å². The first-order chi connectivity index (χ1) is 7.40. The Morgan fingerprint density at radius 1 is 1.53 bits per heavy atom. The molecule has 0 unspecified atom stereocenters. The second-order valence-electron chi connectivity index (χ2n) is 3.69. The fourth-order valence-corrected chi connectivity index (χ4v) is 2.12. The Bertz CT molecular complexity index is 315. The molecule has 3 nitrogen and oxygen atoms in total. The van der Waals surface area contributed by atoms with E-state index < -0.39 is 0 Å². The largest absolute Gasteiger partial charge is 0.396 e. The third-order valence-electron chi connectivity index (χ3n) is 2.34. The average Bonchev–Trinajstić information content (AvgIpc) is 3.08. The first-order valence-corrected chi connectivity index (χ1v) is 6.29. The molecule has 1 saturated carbocycles. The second kappa shape index (κ2) is 5.49. The molecule has 15 heavy (non-hydrogen) atoms. The Morgan fingerprint density at radius 3 is 3.13 bits per heavy atom. The van der Waals surface area contributed by atoms with Crippen LogP contribution in [0.4, 0.5) is 0 Å². The topological polar surface area (TPSA) is 45.2 Å². The predicted octanol–water partition coefficient (Wildman–Crippen LogP) is 1.42. The van der Waals surface area contributed by atoms with Gasteiger partial charge in [-0.15, -0.1) is 11.8 Å². The number of aliphatic hydroxyl groups excluding tert-OH is 1. The monoisotopic (exact) mass is 224 g/mol. The van der Waals surface area contributed by atoms with E-state index in [4.69, 9.17) is 5.11 Å². The molecule has 82 valence electrons. The second-order valence-corrected chi connectivity index (χ2v) is 4.78. The lowest BCUT2D eigenvalue weighted by molar-refractivity contribution is 0.322. The number of pyridine rings is 1. The Balaban J connectivity index is 1.93. The van der Waals surface area contributed by atoms with Gasteiger partial charge in [0, 0.05) is 24.5 Å². The minimum absolute atomic E-state index is 0.205. The highest BCUT2D eigenvalue weighted by Gasteiger charge is 2.20. The minimum Gasteiger partial charge on any atom is -0.396 e. The van der Waals surface area contributed by atoms with Crippen molar-refractivity contribution in [3.8, 4) is 0 Å². The van der Waals surface area contributed by atoms with Crippen molar-refractivity contribution in [3.63, 3.8) is 0 Å². The van der Waals surface area contributed by atoms with E-state index >= 15 is 0 Å². The predicted molar refractivity (Wildman–Crippen MR) is 61.9 cm³/mol. The molecule has 1 fully saturated rings. The van der Waals surface area contributed by atoms with Crippen LogP contribution in [0.25, 0.3) is 0 Å². The van der Waals surface area contributed by atoms with Gasteiger partial charge in [0.25, 0.3) is 0 Å². The van der Waals surface area contributed by atoms with Crippen LogP contribution in [-0.4, -0.2) is 28.5 Å². The van der Waals surface area contributed by atoms with Crippen molar-refractivity contribution in [2.75, 3.05) is 12.4 Å². The summed E-state index contributed by atoms with van der Waals surface area (Å²) < 4.78 is 0. The maximum Gasteiger partial charge on any atom is 0.101 e. The maximum atomic E-state index is 8.78. The van der Waals surface area contributed by atoms with Gasteiger partial charge in [0.2, 0.25) is 0 Å². The zero-order chi connectivity index (χ0) is 10.5. The molecule has 0 bridgehead atoms. The lowest BCUT2D eigenvalue weighted by Gasteiger charge is -2.07. The molecule has 0 spiro atoms.